The molecule has 2 aromatic carbocycles. The molecular weight excluding hydrogens is 376 g/mol. The number of hydrogen-bond donors (Lipinski definition) is 3. The highest BCUT2D eigenvalue weighted by atomic mass is 32.2. The molecule has 4 N–H and O–H groups in total. The van der Waals surface area contributed by atoms with E-state index in [0.29, 0.717) is 18.0 Å². The topological polar surface area (TPSA) is 108 Å². The minimum absolute atomic E-state index is 0.0854. The summed E-state index contributed by atoms with van der Waals surface area (Å²) >= 11 is 0. The summed E-state index contributed by atoms with van der Waals surface area (Å²) in [6.45, 7) is 2.45. The zero-order chi connectivity index (χ0) is 19.7. The van der Waals surface area contributed by atoms with Gasteiger partial charge in [0.2, 0.25) is 10.0 Å². The van der Waals surface area contributed by atoms with E-state index < -0.39 is 10.0 Å². The lowest BCUT2D eigenvalue weighted by Gasteiger charge is -2.18. The fraction of sp³-hybridized carbons (Fsp3) is 0.250. The number of rotatable bonds is 5. The molecule has 8 heteroatoms. The molecule has 0 radical (unpaired) electrons. The van der Waals surface area contributed by atoms with Crippen molar-refractivity contribution in [2.24, 2.45) is 5.14 Å². The lowest BCUT2D eigenvalue weighted by molar-refractivity contribution is 0.328. The van der Waals surface area contributed by atoms with Crippen LogP contribution in [0.4, 0.5) is 5.69 Å². The molecule has 0 bridgehead atoms. The molecule has 4 rings (SSSR count). The highest BCUT2D eigenvalue weighted by molar-refractivity contribution is 7.89. The summed E-state index contributed by atoms with van der Waals surface area (Å²) < 4.78 is 23.0. The second-order valence-corrected chi connectivity index (χ2v) is 8.73. The average Bonchev–Trinajstić information content (AvgIpc) is 3.08. The van der Waals surface area contributed by atoms with Crippen LogP contribution >= 0.6 is 0 Å². The number of likely N-dealkylation sites (tertiary alicyclic amines) is 1. The Morgan fingerprint density at radius 2 is 2.04 bits per heavy atom. The number of H-pyrrole nitrogens is 1. The Labute approximate surface area is 163 Å². The van der Waals surface area contributed by atoms with Gasteiger partial charge in [0, 0.05) is 42.9 Å². The number of fused-ring (bicyclic) bond motifs is 1. The van der Waals surface area contributed by atoms with Gasteiger partial charge >= 0.3 is 0 Å². The molecule has 0 amide bonds. The van der Waals surface area contributed by atoms with Crippen molar-refractivity contribution in [3.05, 3.63) is 70.6 Å². The number of pyridine rings is 1. The quantitative estimate of drug-likeness (QED) is 0.608. The molecule has 0 saturated carbocycles. The van der Waals surface area contributed by atoms with Crippen LogP contribution in [-0.2, 0) is 16.6 Å². The molecule has 1 aromatic heterocycles. The van der Waals surface area contributed by atoms with Crippen molar-refractivity contribution in [1.29, 1.82) is 0 Å². The maximum absolute atomic E-state index is 11.8. The molecule has 1 saturated heterocycles. The molecule has 3 aromatic rings. The monoisotopic (exact) mass is 398 g/mol. The van der Waals surface area contributed by atoms with Gasteiger partial charge in [0.1, 0.15) is 0 Å². The van der Waals surface area contributed by atoms with Gasteiger partial charge in [-0.2, -0.15) is 0 Å². The SMILES string of the molecule is NS(=O)(=O)c1cccc(CN2CC[C@H](Nc3ccc4c(=O)[nH]ccc4c3)C2)c1. The van der Waals surface area contributed by atoms with Crippen LogP contribution < -0.4 is 16.0 Å². The van der Waals surface area contributed by atoms with E-state index in [1.54, 1.807) is 18.3 Å². The fourth-order valence-corrected chi connectivity index (χ4v) is 4.27. The maximum atomic E-state index is 11.8. The van der Waals surface area contributed by atoms with Gasteiger partial charge in [-0.05, 0) is 53.8 Å². The molecule has 0 aliphatic carbocycles. The van der Waals surface area contributed by atoms with Crippen molar-refractivity contribution < 1.29 is 8.42 Å². The van der Waals surface area contributed by atoms with Crippen molar-refractivity contribution in [2.45, 2.75) is 23.9 Å². The summed E-state index contributed by atoms with van der Waals surface area (Å²) in [6, 6.07) is 14.7. The van der Waals surface area contributed by atoms with Crippen LogP contribution in [0.25, 0.3) is 10.8 Å². The number of primary sulfonamides is 1. The molecule has 0 unspecified atom stereocenters. The Morgan fingerprint density at radius 1 is 1.18 bits per heavy atom. The van der Waals surface area contributed by atoms with Crippen LogP contribution in [0.3, 0.4) is 0 Å². The zero-order valence-electron chi connectivity index (χ0n) is 15.3. The third-order valence-electron chi connectivity index (χ3n) is 5.05. The number of aromatic amines is 1. The van der Waals surface area contributed by atoms with Gasteiger partial charge in [0.05, 0.1) is 4.90 Å². The second kappa shape index (κ2) is 7.38. The Bertz CT molecular complexity index is 1170. The van der Waals surface area contributed by atoms with Gasteiger partial charge in [-0.15, -0.1) is 0 Å². The normalized spacial score (nSPS) is 17.8. The van der Waals surface area contributed by atoms with Crippen molar-refractivity contribution in [3.8, 4) is 0 Å². The molecular formula is C20H22N4O3S. The Morgan fingerprint density at radius 3 is 2.86 bits per heavy atom. The van der Waals surface area contributed by atoms with Crippen molar-refractivity contribution >= 4 is 26.5 Å². The summed E-state index contributed by atoms with van der Waals surface area (Å²) in [5.41, 5.74) is 1.83. The number of hydrogen-bond acceptors (Lipinski definition) is 5. The molecule has 7 nitrogen and oxygen atoms in total. The largest absolute Gasteiger partial charge is 0.381 e. The summed E-state index contributed by atoms with van der Waals surface area (Å²) in [6.07, 6.45) is 2.64. The van der Waals surface area contributed by atoms with E-state index >= 15 is 0 Å². The minimum atomic E-state index is -3.69. The van der Waals surface area contributed by atoms with Crippen LogP contribution in [0.5, 0.6) is 0 Å². The molecule has 2 heterocycles. The van der Waals surface area contributed by atoms with E-state index in [-0.39, 0.29) is 10.5 Å². The second-order valence-electron chi connectivity index (χ2n) is 7.17. The highest BCUT2D eigenvalue weighted by Gasteiger charge is 2.22. The van der Waals surface area contributed by atoms with E-state index in [4.69, 9.17) is 5.14 Å². The van der Waals surface area contributed by atoms with E-state index in [2.05, 4.69) is 15.2 Å². The number of nitrogens with two attached hydrogens (primary N) is 1. The van der Waals surface area contributed by atoms with Gasteiger partial charge in [-0.25, -0.2) is 13.6 Å². The average molecular weight is 398 g/mol. The number of nitrogens with one attached hydrogen (secondary N) is 2. The molecule has 1 aliphatic heterocycles. The molecule has 146 valence electrons. The predicted molar refractivity (Wildman–Crippen MR) is 110 cm³/mol. The number of aromatic nitrogens is 1. The highest BCUT2D eigenvalue weighted by Crippen LogP contribution is 2.21. The first-order chi connectivity index (χ1) is 13.4. The van der Waals surface area contributed by atoms with Crippen LogP contribution in [0.1, 0.15) is 12.0 Å². The Hall–Kier alpha value is -2.68. The first kappa shape index (κ1) is 18.7. The number of benzene rings is 2. The van der Waals surface area contributed by atoms with Crippen LogP contribution in [0.15, 0.2) is 64.4 Å². The Kier molecular flexibility index (Phi) is 4.92. The minimum Gasteiger partial charge on any atom is -0.381 e. The number of sulfonamides is 1. The van der Waals surface area contributed by atoms with Crippen LogP contribution in [-0.4, -0.2) is 37.4 Å². The molecule has 1 fully saturated rings. The maximum Gasteiger partial charge on any atom is 0.255 e. The van der Waals surface area contributed by atoms with E-state index in [1.807, 2.05) is 30.3 Å². The predicted octanol–water partition coefficient (Wildman–Crippen LogP) is 1.86. The van der Waals surface area contributed by atoms with E-state index in [1.165, 1.54) is 6.07 Å². The number of nitrogens with zero attached hydrogens (tertiary/aromatic N) is 1. The van der Waals surface area contributed by atoms with Gasteiger partial charge in [0.15, 0.2) is 0 Å². The van der Waals surface area contributed by atoms with Gasteiger partial charge in [-0.1, -0.05) is 12.1 Å². The first-order valence-electron chi connectivity index (χ1n) is 9.10. The lowest BCUT2D eigenvalue weighted by atomic mass is 10.1. The summed E-state index contributed by atoms with van der Waals surface area (Å²) in [5.74, 6) is 0. The summed E-state index contributed by atoms with van der Waals surface area (Å²) in [5, 5.41) is 10.3. The van der Waals surface area contributed by atoms with Crippen LogP contribution in [0.2, 0.25) is 0 Å². The van der Waals surface area contributed by atoms with Gasteiger partial charge in [0.25, 0.3) is 5.56 Å². The third-order valence-corrected chi connectivity index (χ3v) is 5.96. The van der Waals surface area contributed by atoms with Crippen molar-refractivity contribution in [1.82, 2.24) is 9.88 Å². The van der Waals surface area contributed by atoms with Gasteiger partial charge in [-0.3, -0.25) is 9.69 Å². The van der Waals surface area contributed by atoms with E-state index in [9.17, 15) is 13.2 Å². The smallest absolute Gasteiger partial charge is 0.255 e. The van der Waals surface area contributed by atoms with Crippen LogP contribution in [0, 0.1) is 0 Å². The molecule has 1 aliphatic rings. The Balaban J connectivity index is 1.41. The number of anilines is 1. The molecule has 28 heavy (non-hydrogen) atoms. The van der Waals surface area contributed by atoms with E-state index in [0.717, 1.165) is 36.1 Å². The first-order valence-corrected chi connectivity index (χ1v) is 10.7. The summed E-state index contributed by atoms with van der Waals surface area (Å²) in [7, 11) is -3.69. The summed E-state index contributed by atoms with van der Waals surface area (Å²) in [4.78, 5) is 16.9. The standard InChI is InChI=1S/C20H22N4O3S/c21-28(26,27)18-3-1-2-14(10-18)12-24-9-7-17(13-24)23-16-4-5-19-15(11-16)6-8-22-20(19)25/h1-6,8,10-11,17,23H,7,9,12-13H2,(H,22,25)(H2,21,26,27)/t17-/m0/s1. The van der Waals surface area contributed by atoms with Gasteiger partial charge < -0.3 is 10.3 Å². The molecule has 1 atom stereocenters. The van der Waals surface area contributed by atoms with Crippen molar-refractivity contribution in [2.75, 3.05) is 18.4 Å². The fourth-order valence-electron chi connectivity index (χ4n) is 3.69. The third kappa shape index (κ3) is 4.09. The molecule has 0 spiro atoms. The van der Waals surface area contributed by atoms with Crippen molar-refractivity contribution in [3.63, 3.8) is 0 Å². The zero-order valence-corrected chi connectivity index (χ0v) is 16.1. The lowest BCUT2D eigenvalue weighted by Crippen LogP contribution is -2.26.